The van der Waals surface area contributed by atoms with Crippen LogP contribution in [0.5, 0.6) is 5.88 Å². The maximum Gasteiger partial charge on any atom is 0.276 e. The van der Waals surface area contributed by atoms with Gasteiger partial charge in [0.15, 0.2) is 0 Å². The van der Waals surface area contributed by atoms with Gasteiger partial charge in [0.25, 0.3) is 15.6 Å². The van der Waals surface area contributed by atoms with Crippen LogP contribution in [-0.2, 0) is 10.0 Å². The van der Waals surface area contributed by atoms with Gasteiger partial charge < -0.3 is 5.11 Å². The van der Waals surface area contributed by atoms with Gasteiger partial charge >= 0.3 is 0 Å². The summed E-state index contributed by atoms with van der Waals surface area (Å²) in [6.07, 6.45) is 2.66. The SMILES string of the molecule is O=c1c2ccccc2c(C=NNS(=O)(=O)c2ccc(Br)cc2)c(O)n1-c1ccccn1. The van der Waals surface area contributed by atoms with E-state index in [9.17, 15) is 18.3 Å². The maximum absolute atomic E-state index is 13.0. The van der Waals surface area contributed by atoms with Crippen LogP contribution in [0.25, 0.3) is 16.6 Å². The summed E-state index contributed by atoms with van der Waals surface area (Å²) in [5.41, 5.74) is -0.293. The monoisotopic (exact) mass is 498 g/mol. The van der Waals surface area contributed by atoms with Gasteiger partial charge in [0.2, 0.25) is 5.88 Å². The molecule has 0 unspecified atom stereocenters. The zero-order valence-electron chi connectivity index (χ0n) is 15.8. The van der Waals surface area contributed by atoms with Crippen LogP contribution < -0.4 is 10.4 Å². The number of aromatic hydroxyl groups is 1. The normalized spacial score (nSPS) is 11.8. The van der Waals surface area contributed by atoms with E-state index >= 15 is 0 Å². The summed E-state index contributed by atoms with van der Waals surface area (Å²) in [4.78, 5) is 19.2. The molecule has 2 N–H and O–H groups in total. The van der Waals surface area contributed by atoms with E-state index < -0.39 is 21.5 Å². The summed E-state index contributed by atoms with van der Waals surface area (Å²) in [7, 11) is -3.92. The Kier molecular flexibility index (Phi) is 5.57. The van der Waals surface area contributed by atoms with Crippen molar-refractivity contribution >= 4 is 42.9 Å². The lowest BCUT2D eigenvalue weighted by molar-refractivity contribution is 0.435. The second kappa shape index (κ2) is 8.32. The van der Waals surface area contributed by atoms with Crippen LogP contribution in [0.15, 0.2) is 92.2 Å². The highest BCUT2D eigenvalue weighted by Crippen LogP contribution is 2.25. The lowest BCUT2D eigenvalue weighted by Crippen LogP contribution is -2.21. The number of pyridine rings is 2. The molecule has 0 amide bonds. The number of sulfonamides is 1. The van der Waals surface area contributed by atoms with Gasteiger partial charge in [-0.15, -0.1) is 0 Å². The second-order valence-electron chi connectivity index (χ2n) is 6.42. The van der Waals surface area contributed by atoms with E-state index in [1.165, 1.54) is 18.3 Å². The first-order chi connectivity index (χ1) is 14.9. The highest BCUT2D eigenvalue weighted by molar-refractivity contribution is 9.10. The minimum absolute atomic E-state index is 0.0281. The highest BCUT2D eigenvalue weighted by Gasteiger charge is 2.17. The largest absolute Gasteiger partial charge is 0.494 e. The van der Waals surface area contributed by atoms with E-state index in [2.05, 4.69) is 30.8 Å². The smallest absolute Gasteiger partial charge is 0.276 e. The molecule has 0 saturated carbocycles. The van der Waals surface area contributed by atoms with Crippen molar-refractivity contribution in [3.8, 4) is 11.7 Å². The third kappa shape index (κ3) is 4.07. The average Bonchev–Trinajstić information content (AvgIpc) is 2.77. The van der Waals surface area contributed by atoms with Gasteiger partial charge in [0.05, 0.1) is 16.7 Å². The highest BCUT2D eigenvalue weighted by atomic mass is 79.9. The topological polar surface area (TPSA) is 114 Å². The Morgan fingerprint density at radius 1 is 1.00 bits per heavy atom. The van der Waals surface area contributed by atoms with Crippen LogP contribution in [0.4, 0.5) is 0 Å². The van der Waals surface area contributed by atoms with Gasteiger partial charge in [-0.1, -0.05) is 40.2 Å². The van der Waals surface area contributed by atoms with E-state index in [1.807, 2.05) is 0 Å². The lowest BCUT2D eigenvalue weighted by atomic mass is 10.1. The second-order valence-corrected chi connectivity index (χ2v) is 8.99. The van der Waals surface area contributed by atoms with Crippen LogP contribution in [-0.4, -0.2) is 29.3 Å². The van der Waals surface area contributed by atoms with Gasteiger partial charge in [-0.05, 0) is 42.5 Å². The predicted molar refractivity (Wildman–Crippen MR) is 121 cm³/mol. The molecule has 10 heteroatoms. The summed E-state index contributed by atoms with van der Waals surface area (Å²) in [6, 6.07) is 17.6. The Balaban J connectivity index is 1.80. The van der Waals surface area contributed by atoms with E-state index in [0.717, 1.165) is 15.3 Å². The van der Waals surface area contributed by atoms with Crippen molar-refractivity contribution in [2.24, 2.45) is 5.10 Å². The minimum Gasteiger partial charge on any atom is -0.494 e. The third-order valence-corrected chi connectivity index (χ3v) is 6.24. The van der Waals surface area contributed by atoms with E-state index in [1.54, 1.807) is 54.6 Å². The number of nitrogens with zero attached hydrogens (tertiary/aromatic N) is 3. The van der Waals surface area contributed by atoms with Gasteiger partial charge in [0.1, 0.15) is 5.82 Å². The predicted octanol–water partition coefficient (Wildman–Crippen LogP) is 3.17. The first-order valence-corrected chi connectivity index (χ1v) is 11.2. The molecule has 0 fully saturated rings. The van der Waals surface area contributed by atoms with Crippen LogP contribution in [0.1, 0.15) is 5.56 Å². The fraction of sp³-hybridized carbons (Fsp3) is 0. The molecule has 0 aliphatic rings. The zero-order chi connectivity index (χ0) is 22.0. The molecule has 0 atom stereocenters. The van der Waals surface area contributed by atoms with Gasteiger partial charge in [-0.25, -0.2) is 14.4 Å². The Bertz CT molecular complexity index is 1450. The number of rotatable bonds is 5. The summed E-state index contributed by atoms with van der Waals surface area (Å²) in [5.74, 6) is -0.185. The number of hydrazone groups is 1. The molecule has 0 saturated heterocycles. The summed E-state index contributed by atoms with van der Waals surface area (Å²) >= 11 is 3.25. The molecule has 4 aromatic rings. The number of halogens is 1. The average molecular weight is 499 g/mol. The van der Waals surface area contributed by atoms with Crippen molar-refractivity contribution < 1.29 is 13.5 Å². The number of hydrogen-bond donors (Lipinski definition) is 2. The minimum atomic E-state index is -3.92. The molecule has 8 nitrogen and oxygen atoms in total. The number of hydrogen-bond acceptors (Lipinski definition) is 6. The fourth-order valence-electron chi connectivity index (χ4n) is 3.01. The zero-order valence-corrected chi connectivity index (χ0v) is 18.2. The molecule has 0 bridgehead atoms. The molecule has 2 aromatic heterocycles. The van der Waals surface area contributed by atoms with Crippen molar-refractivity contribution in [3.63, 3.8) is 0 Å². The molecule has 0 aliphatic heterocycles. The molecule has 2 heterocycles. The number of nitrogens with one attached hydrogen (secondary N) is 1. The first kappa shape index (κ1) is 20.8. The van der Waals surface area contributed by atoms with E-state index in [4.69, 9.17) is 0 Å². The number of aromatic nitrogens is 2. The molecule has 31 heavy (non-hydrogen) atoms. The summed E-state index contributed by atoms with van der Waals surface area (Å²) < 4.78 is 26.7. The molecule has 4 rings (SSSR count). The molecule has 0 radical (unpaired) electrons. The van der Waals surface area contributed by atoms with Gasteiger partial charge in [-0.2, -0.15) is 13.5 Å². The summed E-state index contributed by atoms with van der Waals surface area (Å²) in [5, 5.41) is 15.4. The lowest BCUT2D eigenvalue weighted by Gasteiger charge is -2.12. The van der Waals surface area contributed by atoms with Crippen molar-refractivity contribution in [3.05, 3.63) is 93.3 Å². The standard InChI is InChI=1S/C21H15BrN4O4S/c22-14-8-10-15(11-9-14)31(29,30)25-24-13-18-16-5-1-2-6-17(16)20(27)26(21(18)28)19-7-3-4-12-23-19/h1-13,25,28H. The van der Waals surface area contributed by atoms with Gasteiger partial charge in [-0.3, -0.25) is 4.79 Å². The van der Waals surface area contributed by atoms with Crippen molar-refractivity contribution in [2.45, 2.75) is 4.90 Å². The quantitative estimate of drug-likeness (QED) is 0.324. The van der Waals surface area contributed by atoms with E-state index in [0.29, 0.717) is 10.8 Å². The molecular weight excluding hydrogens is 484 g/mol. The molecule has 0 aliphatic carbocycles. The fourth-order valence-corrected chi connectivity index (χ4v) is 4.07. The molecule has 156 valence electrons. The van der Waals surface area contributed by atoms with Crippen LogP contribution in [0.2, 0.25) is 0 Å². The Hall–Kier alpha value is -3.50. The van der Waals surface area contributed by atoms with Crippen molar-refractivity contribution in [2.75, 3.05) is 0 Å². The third-order valence-electron chi connectivity index (χ3n) is 4.47. The Morgan fingerprint density at radius 3 is 2.35 bits per heavy atom. The van der Waals surface area contributed by atoms with Crippen LogP contribution >= 0.6 is 15.9 Å². The van der Waals surface area contributed by atoms with E-state index in [-0.39, 0.29) is 16.3 Å². The number of benzene rings is 2. The molecular formula is C21H15BrN4O4S. The molecule has 2 aromatic carbocycles. The van der Waals surface area contributed by atoms with Gasteiger partial charge in [0, 0.05) is 21.4 Å². The Morgan fingerprint density at radius 2 is 1.68 bits per heavy atom. The number of fused-ring (bicyclic) bond motifs is 1. The van der Waals surface area contributed by atoms with Crippen LogP contribution in [0, 0.1) is 0 Å². The maximum atomic E-state index is 13.0. The first-order valence-electron chi connectivity index (χ1n) is 8.97. The molecule has 0 spiro atoms. The van der Waals surface area contributed by atoms with Crippen molar-refractivity contribution in [1.29, 1.82) is 0 Å². The summed E-state index contributed by atoms with van der Waals surface area (Å²) in [6.45, 7) is 0. The Labute approximate surface area is 185 Å². The van der Waals surface area contributed by atoms with Crippen molar-refractivity contribution in [1.82, 2.24) is 14.4 Å². The van der Waals surface area contributed by atoms with Crippen LogP contribution in [0.3, 0.4) is 0 Å².